The van der Waals surface area contributed by atoms with Gasteiger partial charge < -0.3 is 20.7 Å². The number of ether oxygens (including phenoxy) is 1. The van der Waals surface area contributed by atoms with Crippen molar-refractivity contribution < 1.29 is 28.7 Å². The summed E-state index contributed by atoms with van der Waals surface area (Å²) >= 11 is 2.34. The number of carbonyl (C=O) groups excluding carboxylic acids is 5. The third kappa shape index (κ3) is 10.7. The minimum atomic E-state index is -1.04. The highest BCUT2D eigenvalue weighted by Crippen LogP contribution is 2.16. The fraction of sp³-hybridized carbons (Fsp3) is 0.433. The van der Waals surface area contributed by atoms with Crippen LogP contribution in [0.25, 0.3) is 0 Å². The van der Waals surface area contributed by atoms with E-state index in [1.165, 1.54) is 23.7 Å². The molecule has 0 fully saturated rings. The molecule has 11 nitrogen and oxygen atoms in total. The normalized spacial score (nSPS) is 13.2. The molecule has 2 aromatic heterocycles. The predicted molar refractivity (Wildman–Crippen MR) is 164 cm³/mol. The van der Waals surface area contributed by atoms with E-state index < -0.39 is 41.8 Å². The van der Waals surface area contributed by atoms with Gasteiger partial charge in [0.25, 0.3) is 0 Å². The Morgan fingerprint density at radius 2 is 1.44 bits per heavy atom. The van der Waals surface area contributed by atoms with Crippen LogP contribution in [0.3, 0.4) is 0 Å². The van der Waals surface area contributed by atoms with Crippen molar-refractivity contribution in [3.63, 3.8) is 0 Å². The van der Waals surface area contributed by atoms with Gasteiger partial charge in [0.2, 0.25) is 17.6 Å². The van der Waals surface area contributed by atoms with Crippen LogP contribution in [0.1, 0.15) is 72.1 Å². The topological polar surface area (TPSA) is 156 Å². The lowest BCUT2D eigenvalue weighted by molar-refractivity contribution is -0.131. The van der Waals surface area contributed by atoms with Crippen LogP contribution in [-0.4, -0.2) is 57.6 Å². The van der Waals surface area contributed by atoms with E-state index in [0.717, 1.165) is 16.9 Å². The van der Waals surface area contributed by atoms with E-state index >= 15 is 0 Å². The molecule has 3 amide bonds. The molecule has 0 radical (unpaired) electrons. The number of alkyl carbamates (subject to hydrolysis) is 1. The predicted octanol–water partition coefficient (Wildman–Crippen LogP) is 4.41. The van der Waals surface area contributed by atoms with E-state index in [1.54, 1.807) is 24.6 Å². The molecule has 3 aromatic rings. The van der Waals surface area contributed by atoms with Crippen LogP contribution in [0.2, 0.25) is 0 Å². The maximum Gasteiger partial charge on any atom is 0.408 e. The minimum absolute atomic E-state index is 0.0111. The SMILES string of the molecule is CC(C)C[C@H](NC(=O)[C@@H](NC(=O)OCc1ccccc1)C(C)C)C(=O)N[C@@H](CCC(=O)c1nccs1)C(=O)c1nccs1. The molecule has 0 spiro atoms. The summed E-state index contributed by atoms with van der Waals surface area (Å²) < 4.78 is 5.28. The molecule has 0 aliphatic carbocycles. The summed E-state index contributed by atoms with van der Waals surface area (Å²) in [7, 11) is 0. The molecule has 3 N–H and O–H groups in total. The molecule has 13 heteroatoms. The van der Waals surface area contributed by atoms with Gasteiger partial charge in [-0.05, 0) is 30.2 Å². The van der Waals surface area contributed by atoms with Crippen molar-refractivity contribution in [1.29, 1.82) is 0 Å². The van der Waals surface area contributed by atoms with Gasteiger partial charge in [0, 0.05) is 29.6 Å². The summed E-state index contributed by atoms with van der Waals surface area (Å²) in [5, 5.41) is 12.0. The fourth-order valence-electron chi connectivity index (χ4n) is 4.17. The largest absolute Gasteiger partial charge is 0.445 e. The number of nitrogens with one attached hydrogen (secondary N) is 3. The first-order chi connectivity index (χ1) is 20.5. The van der Waals surface area contributed by atoms with Crippen molar-refractivity contribution in [3.05, 3.63) is 69.1 Å². The standard InChI is InChI=1S/C30H37N5O6S2/c1-18(2)16-22(34-27(39)24(19(3)4)35-30(40)41-17-20-8-6-5-7-9-20)26(38)33-21(25(37)29-32-13-15-43-29)10-11-23(36)28-31-12-14-42-28/h5-9,12-15,18-19,21-22,24H,10-11,16-17H2,1-4H3,(H,33,38)(H,34,39)(H,35,40)/t21-,22-,24-/m0/s1. The zero-order chi connectivity index (χ0) is 31.4. The van der Waals surface area contributed by atoms with Crippen molar-refractivity contribution in [2.24, 2.45) is 11.8 Å². The average molecular weight is 628 g/mol. The number of hydrogen-bond donors (Lipinski definition) is 3. The Bertz CT molecular complexity index is 1350. The van der Waals surface area contributed by atoms with Crippen LogP contribution in [-0.2, 0) is 20.9 Å². The van der Waals surface area contributed by atoms with Gasteiger partial charge >= 0.3 is 6.09 Å². The monoisotopic (exact) mass is 627 g/mol. The average Bonchev–Trinajstić information content (AvgIpc) is 3.71. The summed E-state index contributed by atoms with van der Waals surface area (Å²) in [5.74, 6) is -2.10. The lowest BCUT2D eigenvalue weighted by atomic mass is 9.99. The first-order valence-corrected chi connectivity index (χ1v) is 15.7. The Morgan fingerprint density at radius 1 is 0.814 bits per heavy atom. The highest BCUT2D eigenvalue weighted by atomic mass is 32.1. The quantitative estimate of drug-likeness (QED) is 0.197. The Labute approximate surface area is 258 Å². The Hall–Kier alpha value is -3.97. The summed E-state index contributed by atoms with van der Waals surface area (Å²) in [4.78, 5) is 73.3. The molecule has 0 saturated heterocycles. The van der Waals surface area contributed by atoms with Gasteiger partial charge in [-0.2, -0.15) is 0 Å². The lowest BCUT2D eigenvalue weighted by Crippen LogP contribution is -2.57. The number of benzene rings is 1. The maximum atomic E-state index is 13.5. The number of hydrogen-bond acceptors (Lipinski definition) is 10. The van der Waals surface area contributed by atoms with E-state index in [4.69, 9.17) is 4.74 Å². The minimum Gasteiger partial charge on any atom is -0.445 e. The van der Waals surface area contributed by atoms with E-state index in [1.807, 2.05) is 44.2 Å². The van der Waals surface area contributed by atoms with Crippen molar-refractivity contribution in [2.75, 3.05) is 0 Å². The molecule has 43 heavy (non-hydrogen) atoms. The molecule has 3 rings (SSSR count). The Balaban J connectivity index is 1.69. The van der Waals surface area contributed by atoms with E-state index in [2.05, 4.69) is 25.9 Å². The van der Waals surface area contributed by atoms with E-state index in [9.17, 15) is 24.0 Å². The first-order valence-electron chi connectivity index (χ1n) is 14.0. The van der Waals surface area contributed by atoms with Gasteiger partial charge in [0.1, 0.15) is 18.7 Å². The van der Waals surface area contributed by atoms with Crippen LogP contribution in [0.5, 0.6) is 0 Å². The van der Waals surface area contributed by atoms with Crippen molar-refractivity contribution in [3.8, 4) is 0 Å². The number of rotatable bonds is 16. The summed E-state index contributed by atoms with van der Waals surface area (Å²) in [6.07, 6.45) is 2.55. The first kappa shape index (κ1) is 33.5. The van der Waals surface area contributed by atoms with Gasteiger partial charge in [0.15, 0.2) is 15.8 Å². The van der Waals surface area contributed by atoms with Crippen molar-refractivity contribution in [1.82, 2.24) is 25.9 Å². The number of carbonyl (C=O) groups is 5. The highest BCUT2D eigenvalue weighted by molar-refractivity contribution is 7.12. The summed E-state index contributed by atoms with van der Waals surface area (Å²) in [6.45, 7) is 7.37. The molecule has 1 aromatic carbocycles. The van der Waals surface area contributed by atoms with Gasteiger partial charge in [-0.25, -0.2) is 14.8 Å². The van der Waals surface area contributed by atoms with E-state index in [-0.39, 0.29) is 48.5 Å². The Kier molecular flexibility index (Phi) is 13.0. The summed E-state index contributed by atoms with van der Waals surface area (Å²) in [5.41, 5.74) is 0.798. The van der Waals surface area contributed by atoms with E-state index in [0.29, 0.717) is 5.01 Å². The molecule has 3 atom stereocenters. The summed E-state index contributed by atoms with van der Waals surface area (Å²) in [6, 6.07) is 6.12. The number of Topliss-reactive ketones (excluding diaryl/α,β-unsaturated/α-hetero) is 2. The third-order valence-electron chi connectivity index (χ3n) is 6.38. The number of ketones is 2. The van der Waals surface area contributed by atoms with Crippen LogP contribution in [0.4, 0.5) is 4.79 Å². The maximum absolute atomic E-state index is 13.5. The number of amides is 3. The van der Waals surface area contributed by atoms with Crippen LogP contribution < -0.4 is 16.0 Å². The van der Waals surface area contributed by atoms with Crippen LogP contribution in [0.15, 0.2) is 53.5 Å². The zero-order valence-corrected chi connectivity index (χ0v) is 26.2. The second-order valence-electron chi connectivity index (χ2n) is 10.7. The fourth-order valence-corrected chi connectivity index (χ4v) is 5.41. The third-order valence-corrected chi connectivity index (χ3v) is 7.98. The molecule has 0 unspecified atom stereocenters. The van der Waals surface area contributed by atoms with Gasteiger partial charge in [0.05, 0.1) is 6.04 Å². The number of thiazole rings is 2. The van der Waals surface area contributed by atoms with Gasteiger partial charge in [-0.3, -0.25) is 19.2 Å². The molecule has 230 valence electrons. The second-order valence-corrected chi connectivity index (χ2v) is 12.5. The number of aromatic nitrogens is 2. The van der Waals surface area contributed by atoms with Crippen molar-refractivity contribution in [2.45, 2.75) is 71.7 Å². The highest BCUT2D eigenvalue weighted by Gasteiger charge is 2.32. The van der Waals surface area contributed by atoms with Crippen LogP contribution >= 0.6 is 22.7 Å². The molecule has 0 bridgehead atoms. The van der Waals surface area contributed by atoms with Gasteiger partial charge in [-0.15, -0.1) is 22.7 Å². The van der Waals surface area contributed by atoms with Crippen molar-refractivity contribution >= 4 is 52.1 Å². The molecule has 0 aliphatic heterocycles. The smallest absolute Gasteiger partial charge is 0.408 e. The molecule has 0 saturated carbocycles. The van der Waals surface area contributed by atoms with Gasteiger partial charge in [-0.1, -0.05) is 58.0 Å². The number of nitrogens with zero attached hydrogens (tertiary/aromatic N) is 2. The molecular formula is C30H37N5O6S2. The Morgan fingerprint density at radius 3 is 2.02 bits per heavy atom. The molecule has 0 aliphatic rings. The zero-order valence-electron chi connectivity index (χ0n) is 24.6. The van der Waals surface area contributed by atoms with Crippen LogP contribution in [0, 0.1) is 11.8 Å². The molecular weight excluding hydrogens is 590 g/mol. The lowest BCUT2D eigenvalue weighted by Gasteiger charge is -2.27. The second kappa shape index (κ2) is 16.6. The molecule has 2 heterocycles.